The van der Waals surface area contributed by atoms with Gasteiger partial charge < -0.3 is 15.0 Å². The van der Waals surface area contributed by atoms with E-state index in [1.165, 1.54) is 4.70 Å². The molecule has 7 rings (SSSR count). The van der Waals surface area contributed by atoms with Crippen molar-refractivity contribution in [3.05, 3.63) is 122 Å². The molecule has 1 aliphatic heterocycles. The van der Waals surface area contributed by atoms with Crippen molar-refractivity contribution in [1.29, 1.82) is 0 Å². The van der Waals surface area contributed by atoms with Crippen LogP contribution in [0.25, 0.3) is 21.2 Å². The number of carbonyl (C=O) groups is 1. The fourth-order valence-corrected chi connectivity index (χ4v) is 7.16. The lowest BCUT2D eigenvalue weighted by atomic mass is 9.94. The number of halogens is 1. The molecule has 1 fully saturated rings. The Hall–Kier alpha value is -3.78. The molecule has 8 heteroatoms. The topological polar surface area (TPSA) is 86.3 Å². The van der Waals surface area contributed by atoms with Gasteiger partial charge in [0.15, 0.2) is 6.10 Å². The van der Waals surface area contributed by atoms with Gasteiger partial charge in [-0.2, -0.15) is 0 Å². The van der Waals surface area contributed by atoms with Gasteiger partial charge in [-0.05, 0) is 72.0 Å². The highest BCUT2D eigenvalue weighted by Gasteiger charge is 2.48. The number of carbonyl (C=O) groups excluding carboxylic acids is 1. The van der Waals surface area contributed by atoms with Crippen molar-refractivity contribution >= 4 is 38.9 Å². The number of rotatable bonds is 5. The van der Waals surface area contributed by atoms with Gasteiger partial charge in [0.05, 0.1) is 23.2 Å². The summed E-state index contributed by atoms with van der Waals surface area (Å²) in [5.74, 6) is 0.257. The van der Waals surface area contributed by atoms with Crippen LogP contribution in [0.1, 0.15) is 53.6 Å². The van der Waals surface area contributed by atoms with E-state index in [1.807, 2.05) is 54.6 Å². The maximum Gasteiger partial charge on any atom is 0.256 e. The summed E-state index contributed by atoms with van der Waals surface area (Å²) in [6.45, 7) is 0.558. The highest BCUT2D eigenvalue weighted by Crippen LogP contribution is 2.52. The molecule has 2 N–H and O–H groups in total. The Labute approximate surface area is 246 Å². The van der Waals surface area contributed by atoms with Gasteiger partial charge in [-0.3, -0.25) is 9.59 Å². The summed E-state index contributed by atoms with van der Waals surface area (Å²) in [6, 6.07) is 23.5. The summed E-state index contributed by atoms with van der Waals surface area (Å²) >= 11 is 7.93. The number of aromatic nitrogens is 2. The van der Waals surface area contributed by atoms with Crippen molar-refractivity contribution in [1.82, 2.24) is 14.9 Å². The van der Waals surface area contributed by atoms with E-state index in [0.717, 1.165) is 40.6 Å². The Morgan fingerprint density at radius 2 is 1.90 bits per heavy atom. The van der Waals surface area contributed by atoms with Crippen LogP contribution < -0.4 is 5.56 Å². The molecule has 0 saturated heterocycles. The minimum absolute atomic E-state index is 0.118. The molecule has 41 heavy (non-hydrogen) atoms. The number of hydrogen-bond acceptors (Lipinski definition) is 5. The normalized spacial score (nSPS) is 16.7. The lowest BCUT2D eigenvalue weighted by Crippen LogP contribution is -2.36. The van der Waals surface area contributed by atoms with Gasteiger partial charge in [0.1, 0.15) is 5.82 Å². The second kappa shape index (κ2) is 10.2. The highest BCUT2D eigenvalue weighted by molar-refractivity contribution is 7.17. The first-order valence-electron chi connectivity index (χ1n) is 13.8. The molecule has 6 nitrogen and oxygen atoms in total. The maximum absolute atomic E-state index is 13.6. The molecule has 1 atom stereocenters. The van der Waals surface area contributed by atoms with E-state index in [0.29, 0.717) is 41.4 Å². The minimum atomic E-state index is -1.33. The molecule has 2 aromatic heterocycles. The second-order valence-electron chi connectivity index (χ2n) is 11.0. The monoisotopic (exact) mass is 581 g/mol. The first-order chi connectivity index (χ1) is 19.9. The molecule has 1 amide bonds. The summed E-state index contributed by atoms with van der Waals surface area (Å²) in [6.07, 6.45) is 1.72. The van der Waals surface area contributed by atoms with Crippen molar-refractivity contribution < 1.29 is 9.90 Å². The Morgan fingerprint density at radius 1 is 1.07 bits per heavy atom. The Morgan fingerprint density at radius 3 is 2.73 bits per heavy atom. The molecule has 1 aliphatic carbocycles. The summed E-state index contributed by atoms with van der Waals surface area (Å²) in [4.78, 5) is 36.5. The molecular formula is C33H28ClN3O3S. The quantitative estimate of drug-likeness (QED) is 0.252. The van der Waals surface area contributed by atoms with Crippen molar-refractivity contribution in [2.24, 2.45) is 0 Å². The van der Waals surface area contributed by atoms with Crippen molar-refractivity contribution in [3.63, 3.8) is 0 Å². The van der Waals surface area contributed by atoms with E-state index in [1.54, 1.807) is 22.3 Å². The van der Waals surface area contributed by atoms with Crippen LogP contribution in [0.3, 0.4) is 0 Å². The second-order valence-corrected chi connectivity index (χ2v) is 12.3. The summed E-state index contributed by atoms with van der Waals surface area (Å²) in [7, 11) is 0. The van der Waals surface area contributed by atoms with Crippen LogP contribution in [0.4, 0.5) is 0 Å². The third-order valence-electron chi connectivity index (χ3n) is 8.41. The fraction of sp³-hybridized carbons (Fsp3) is 0.242. The number of aliphatic hydroxyl groups excluding tert-OH is 1. The fourth-order valence-electron chi connectivity index (χ4n) is 6.00. The van der Waals surface area contributed by atoms with Crippen molar-refractivity contribution in [2.45, 2.75) is 43.7 Å². The SMILES string of the molecule is O=C(C(O)c1cccc(-c2csc3ccccc23)c1)N1CCCc2nc(C3(c4cccc(Cl)c4)CC3)[nH]c(=O)c2C1. The number of H-pyrrole nitrogens is 1. The van der Waals surface area contributed by atoms with E-state index in [4.69, 9.17) is 16.6 Å². The molecule has 2 aliphatic rings. The molecule has 0 bridgehead atoms. The number of nitrogens with one attached hydrogen (secondary N) is 1. The van der Waals surface area contributed by atoms with E-state index < -0.39 is 12.0 Å². The first kappa shape index (κ1) is 26.1. The van der Waals surface area contributed by atoms with E-state index in [9.17, 15) is 14.7 Å². The predicted molar refractivity (Wildman–Crippen MR) is 162 cm³/mol. The van der Waals surface area contributed by atoms with Crippen molar-refractivity contribution in [3.8, 4) is 11.1 Å². The lowest BCUT2D eigenvalue weighted by Gasteiger charge is -2.24. The number of aryl methyl sites for hydroxylation is 1. The number of thiophene rings is 1. The molecule has 1 saturated carbocycles. The lowest BCUT2D eigenvalue weighted by molar-refractivity contribution is -0.141. The first-order valence-corrected chi connectivity index (χ1v) is 15.1. The smallest absolute Gasteiger partial charge is 0.256 e. The number of aliphatic hydroxyl groups is 1. The molecule has 1 unspecified atom stereocenters. The zero-order chi connectivity index (χ0) is 28.1. The average molecular weight is 582 g/mol. The predicted octanol–water partition coefficient (Wildman–Crippen LogP) is 6.39. The number of hydrogen-bond donors (Lipinski definition) is 2. The van der Waals surface area contributed by atoms with E-state index in [-0.39, 0.29) is 17.5 Å². The standard InChI is InChI=1S/C33H28ClN3O3S/c34-23-9-4-8-22(17-23)33(13-14-33)32-35-27-11-5-15-37(18-25(27)30(39)36-32)31(40)29(38)21-7-3-6-20(16-21)26-19-41-28-12-2-1-10-24(26)28/h1-4,6-10,12,16-17,19,29,38H,5,11,13-15,18H2,(H,35,36,39). The maximum atomic E-state index is 13.6. The van der Waals surface area contributed by atoms with Gasteiger partial charge >= 0.3 is 0 Å². The van der Waals surface area contributed by atoms with E-state index >= 15 is 0 Å². The van der Waals surface area contributed by atoms with Crippen LogP contribution in [0, 0.1) is 0 Å². The van der Waals surface area contributed by atoms with Crippen LogP contribution in [0.5, 0.6) is 0 Å². The van der Waals surface area contributed by atoms with Crippen LogP contribution in [0.2, 0.25) is 5.02 Å². The van der Waals surface area contributed by atoms with E-state index in [2.05, 4.69) is 22.5 Å². The number of fused-ring (bicyclic) bond motifs is 2. The van der Waals surface area contributed by atoms with Crippen LogP contribution in [-0.4, -0.2) is 32.4 Å². The molecule has 5 aromatic rings. The summed E-state index contributed by atoms with van der Waals surface area (Å²) in [5.41, 5.74) is 4.30. The number of aromatic amines is 1. The van der Waals surface area contributed by atoms with Gasteiger partial charge in [-0.1, -0.05) is 60.1 Å². The molecular weight excluding hydrogens is 554 g/mol. The average Bonchev–Trinajstić information content (AvgIpc) is 3.74. The van der Waals surface area contributed by atoms with Gasteiger partial charge in [0.2, 0.25) is 0 Å². The van der Waals surface area contributed by atoms with Gasteiger partial charge in [0, 0.05) is 27.2 Å². The van der Waals surface area contributed by atoms with Gasteiger partial charge in [-0.15, -0.1) is 11.3 Å². The zero-order valence-corrected chi connectivity index (χ0v) is 23.8. The number of nitrogens with zero attached hydrogens (tertiary/aromatic N) is 2. The molecule has 206 valence electrons. The Bertz CT molecular complexity index is 1860. The molecule has 0 spiro atoms. The third kappa shape index (κ3) is 4.68. The Kier molecular flexibility index (Phi) is 6.53. The number of amides is 1. The van der Waals surface area contributed by atoms with Crippen molar-refractivity contribution in [2.75, 3.05) is 6.54 Å². The van der Waals surface area contributed by atoms with Crippen LogP contribution in [-0.2, 0) is 23.2 Å². The largest absolute Gasteiger partial charge is 0.378 e. The summed E-state index contributed by atoms with van der Waals surface area (Å²) < 4.78 is 1.19. The summed E-state index contributed by atoms with van der Waals surface area (Å²) in [5, 5.41) is 15.1. The van der Waals surface area contributed by atoms with Crippen LogP contribution >= 0.6 is 22.9 Å². The molecule has 0 radical (unpaired) electrons. The highest BCUT2D eigenvalue weighted by atomic mass is 35.5. The van der Waals surface area contributed by atoms with Gasteiger partial charge in [-0.25, -0.2) is 4.98 Å². The minimum Gasteiger partial charge on any atom is -0.378 e. The zero-order valence-electron chi connectivity index (χ0n) is 22.3. The molecule has 3 heterocycles. The Balaban J connectivity index is 1.15. The third-order valence-corrected chi connectivity index (χ3v) is 9.61. The molecule has 3 aromatic carbocycles. The van der Waals surface area contributed by atoms with Gasteiger partial charge in [0.25, 0.3) is 11.5 Å². The van der Waals surface area contributed by atoms with Crippen LogP contribution in [0.15, 0.2) is 83.0 Å². The number of benzene rings is 3.